The van der Waals surface area contributed by atoms with Crippen LogP contribution in [0.3, 0.4) is 0 Å². The number of aryl methyl sites for hydroxylation is 1. The maximum atomic E-state index is 10.9. The van der Waals surface area contributed by atoms with Gasteiger partial charge in [0.25, 0.3) is 5.69 Å². The van der Waals surface area contributed by atoms with E-state index in [4.69, 9.17) is 11.5 Å². The summed E-state index contributed by atoms with van der Waals surface area (Å²) in [6, 6.07) is 4.95. The first-order valence-corrected chi connectivity index (χ1v) is 6.16. The molecule has 2 aromatic rings. The molecule has 0 aliphatic rings. The average molecular weight is 277 g/mol. The number of aliphatic imine (C=N–C) groups is 1. The SMILES string of the molecule is Cc1ccc(-c2csc(N=C(N)N)n2)cc1[N+](=O)[O-]. The van der Waals surface area contributed by atoms with Gasteiger partial charge < -0.3 is 11.5 Å². The van der Waals surface area contributed by atoms with Crippen LogP contribution in [-0.4, -0.2) is 15.9 Å². The lowest BCUT2D eigenvalue weighted by Crippen LogP contribution is -2.21. The number of rotatable bonds is 3. The molecule has 0 aliphatic heterocycles. The third-order valence-corrected chi connectivity index (χ3v) is 3.15. The molecule has 8 heteroatoms. The minimum absolute atomic E-state index is 0.0638. The number of thiazole rings is 1. The highest BCUT2D eigenvalue weighted by molar-refractivity contribution is 7.13. The quantitative estimate of drug-likeness (QED) is 0.384. The van der Waals surface area contributed by atoms with Crippen molar-refractivity contribution in [2.24, 2.45) is 16.5 Å². The molecule has 0 atom stereocenters. The van der Waals surface area contributed by atoms with Crippen molar-refractivity contribution in [2.45, 2.75) is 6.92 Å². The molecular weight excluding hydrogens is 266 g/mol. The molecule has 2 rings (SSSR count). The molecule has 0 spiro atoms. The van der Waals surface area contributed by atoms with Crippen LogP contribution in [0.15, 0.2) is 28.6 Å². The lowest BCUT2D eigenvalue weighted by atomic mass is 10.1. The van der Waals surface area contributed by atoms with Gasteiger partial charge in [0.2, 0.25) is 5.13 Å². The summed E-state index contributed by atoms with van der Waals surface area (Å²) in [6.45, 7) is 1.69. The molecule has 0 amide bonds. The van der Waals surface area contributed by atoms with Crippen LogP contribution in [-0.2, 0) is 0 Å². The first-order chi connectivity index (χ1) is 8.97. The van der Waals surface area contributed by atoms with Crippen molar-refractivity contribution in [1.82, 2.24) is 4.98 Å². The van der Waals surface area contributed by atoms with E-state index in [0.29, 0.717) is 22.0 Å². The van der Waals surface area contributed by atoms with E-state index in [2.05, 4.69) is 9.98 Å². The highest BCUT2D eigenvalue weighted by Crippen LogP contribution is 2.30. The van der Waals surface area contributed by atoms with Crippen LogP contribution in [0.5, 0.6) is 0 Å². The average Bonchev–Trinajstić information content (AvgIpc) is 2.76. The topological polar surface area (TPSA) is 120 Å². The fraction of sp³-hybridized carbons (Fsp3) is 0.0909. The zero-order chi connectivity index (χ0) is 14.0. The van der Waals surface area contributed by atoms with E-state index in [1.807, 2.05) is 0 Å². The summed E-state index contributed by atoms with van der Waals surface area (Å²) in [6.07, 6.45) is 0. The van der Waals surface area contributed by atoms with Gasteiger partial charge in [0.05, 0.1) is 10.6 Å². The number of nitrogens with two attached hydrogens (primary N) is 2. The van der Waals surface area contributed by atoms with Crippen LogP contribution < -0.4 is 11.5 Å². The van der Waals surface area contributed by atoms with Gasteiger partial charge >= 0.3 is 0 Å². The Labute approximate surface area is 112 Å². The van der Waals surface area contributed by atoms with Gasteiger partial charge in [-0.3, -0.25) is 10.1 Å². The van der Waals surface area contributed by atoms with E-state index < -0.39 is 4.92 Å². The lowest BCUT2D eigenvalue weighted by Gasteiger charge is -2.00. The van der Waals surface area contributed by atoms with Crippen LogP contribution >= 0.6 is 11.3 Å². The maximum Gasteiger partial charge on any atom is 0.272 e. The maximum absolute atomic E-state index is 10.9. The number of nitro benzene ring substituents is 1. The number of hydrogen-bond acceptors (Lipinski definition) is 5. The first-order valence-electron chi connectivity index (χ1n) is 5.28. The largest absolute Gasteiger partial charge is 0.370 e. The normalized spacial score (nSPS) is 10.2. The molecule has 0 aliphatic carbocycles. The Morgan fingerprint density at radius 2 is 2.21 bits per heavy atom. The van der Waals surface area contributed by atoms with Gasteiger partial charge in [0.1, 0.15) is 0 Å². The number of guanidine groups is 1. The summed E-state index contributed by atoms with van der Waals surface area (Å²) in [5.74, 6) is -0.0733. The molecule has 1 aromatic heterocycles. The second kappa shape index (κ2) is 5.02. The van der Waals surface area contributed by atoms with Crippen LogP contribution in [0.1, 0.15) is 5.56 Å². The van der Waals surface area contributed by atoms with Gasteiger partial charge in [-0.1, -0.05) is 12.1 Å². The van der Waals surface area contributed by atoms with Crippen LogP contribution in [0.4, 0.5) is 10.8 Å². The summed E-state index contributed by atoms with van der Waals surface area (Å²) < 4.78 is 0. The monoisotopic (exact) mass is 277 g/mol. The minimum atomic E-state index is -0.415. The Bertz CT molecular complexity index is 661. The first kappa shape index (κ1) is 13.0. The Morgan fingerprint density at radius 1 is 1.47 bits per heavy atom. The van der Waals surface area contributed by atoms with Gasteiger partial charge in [-0.15, -0.1) is 11.3 Å². The van der Waals surface area contributed by atoms with Crippen LogP contribution in [0, 0.1) is 17.0 Å². The zero-order valence-corrected chi connectivity index (χ0v) is 10.8. The molecule has 0 unspecified atom stereocenters. The van der Waals surface area contributed by atoms with Crippen molar-refractivity contribution in [3.05, 3.63) is 39.3 Å². The van der Waals surface area contributed by atoms with Crippen molar-refractivity contribution in [1.29, 1.82) is 0 Å². The highest BCUT2D eigenvalue weighted by atomic mass is 32.1. The molecule has 0 saturated carbocycles. The van der Waals surface area contributed by atoms with Crippen molar-refractivity contribution >= 4 is 28.1 Å². The second-order valence-corrected chi connectivity index (χ2v) is 4.65. The van der Waals surface area contributed by atoms with E-state index in [1.54, 1.807) is 24.4 Å². The molecule has 4 N–H and O–H groups in total. The van der Waals surface area contributed by atoms with Crippen molar-refractivity contribution in [3.63, 3.8) is 0 Å². The van der Waals surface area contributed by atoms with Gasteiger partial charge in [0.15, 0.2) is 5.96 Å². The molecule has 19 heavy (non-hydrogen) atoms. The number of aromatic nitrogens is 1. The lowest BCUT2D eigenvalue weighted by molar-refractivity contribution is -0.385. The van der Waals surface area contributed by atoms with Crippen molar-refractivity contribution in [2.75, 3.05) is 0 Å². The summed E-state index contributed by atoms with van der Waals surface area (Å²) in [7, 11) is 0. The Balaban J connectivity index is 2.42. The van der Waals surface area contributed by atoms with E-state index in [1.165, 1.54) is 17.4 Å². The predicted octanol–water partition coefficient (Wildman–Crippen LogP) is 1.93. The van der Waals surface area contributed by atoms with E-state index in [-0.39, 0.29) is 11.6 Å². The Hall–Kier alpha value is -2.48. The smallest absolute Gasteiger partial charge is 0.272 e. The molecule has 0 saturated heterocycles. The van der Waals surface area contributed by atoms with Crippen LogP contribution in [0.2, 0.25) is 0 Å². The second-order valence-electron chi connectivity index (χ2n) is 3.81. The predicted molar refractivity (Wildman–Crippen MR) is 74.4 cm³/mol. The fourth-order valence-electron chi connectivity index (χ4n) is 1.52. The van der Waals surface area contributed by atoms with Gasteiger partial charge in [-0.25, -0.2) is 4.98 Å². The molecule has 1 heterocycles. The van der Waals surface area contributed by atoms with Crippen LogP contribution in [0.25, 0.3) is 11.3 Å². The summed E-state index contributed by atoms with van der Waals surface area (Å²) in [5.41, 5.74) is 12.5. The van der Waals surface area contributed by atoms with Gasteiger partial charge in [-0.2, -0.15) is 4.99 Å². The molecule has 7 nitrogen and oxygen atoms in total. The molecule has 0 bridgehead atoms. The number of nitrogens with zero attached hydrogens (tertiary/aromatic N) is 3. The zero-order valence-electron chi connectivity index (χ0n) is 10.0. The fourth-order valence-corrected chi connectivity index (χ4v) is 2.24. The minimum Gasteiger partial charge on any atom is -0.370 e. The Morgan fingerprint density at radius 3 is 2.84 bits per heavy atom. The Kier molecular flexibility index (Phi) is 3.43. The van der Waals surface area contributed by atoms with Crippen molar-refractivity contribution in [3.8, 4) is 11.3 Å². The van der Waals surface area contributed by atoms with Crippen molar-refractivity contribution < 1.29 is 4.92 Å². The van der Waals surface area contributed by atoms with E-state index >= 15 is 0 Å². The summed E-state index contributed by atoms with van der Waals surface area (Å²) >= 11 is 1.26. The van der Waals surface area contributed by atoms with Gasteiger partial charge in [0, 0.05) is 22.6 Å². The standard InChI is InChI=1S/C11H11N5O2S/c1-6-2-3-7(4-9(6)16(17)18)8-5-19-11(14-8)15-10(12)13/h2-5H,1H3,(H4,12,13,14,15). The third kappa shape index (κ3) is 2.86. The molecule has 0 radical (unpaired) electrons. The highest BCUT2D eigenvalue weighted by Gasteiger charge is 2.13. The molecule has 98 valence electrons. The molecule has 0 fully saturated rings. The van der Waals surface area contributed by atoms with Gasteiger partial charge in [-0.05, 0) is 6.92 Å². The third-order valence-electron chi connectivity index (χ3n) is 2.42. The van der Waals surface area contributed by atoms with E-state index in [0.717, 1.165) is 0 Å². The molecule has 1 aromatic carbocycles. The van der Waals surface area contributed by atoms with E-state index in [9.17, 15) is 10.1 Å². The molecular formula is C11H11N5O2S. The summed E-state index contributed by atoms with van der Waals surface area (Å²) in [5, 5.41) is 13.1. The number of nitro groups is 1. The summed E-state index contributed by atoms with van der Waals surface area (Å²) in [4.78, 5) is 18.5. The number of hydrogen-bond donors (Lipinski definition) is 2. The number of benzene rings is 1.